The van der Waals surface area contributed by atoms with Gasteiger partial charge in [0.2, 0.25) is 0 Å². The van der Waals surface area contributed by atoms with Gasteiger partial charge in [0.1, 0.15) is 0 Å². The van der Waals surface area contributed by atoms with Crippen molar-refractivity contribution in [2.45, 2.75) is 0 Å². The molecule has 0 amide bonds. The summed E-state index contributed by atoms with van der Waals surface area (Å²) in [5.74, 6) is 1.10. The van der Waals surface area contributed by atoms with E-state index in [9.17, 15) is 0 Å². The fourth-order valence-electron chi connectivity index (χ4n) is 0.455. The summed E-state index contributed by atoms with van der Waals surface area (Å²) in [5, 5.41) is 4.43. The quantitative estimate of drug-likeness (QED) is 0.437. The summed E-state index contributed by atoms with van der Waals surface area (Å²) in [5.41, 5.74) is 0. The van der Waals surface area contributed by atoms with Crippen LogP contribution in [0.25, 0.3) is 0 Å². The van der Waals surface area contributed by atoms with Crippen molar-refractivity contribution in [2.24, 2.45) is 0 Å². The molecule has 1 rings (SSSR count). The normalized spacial score (nSPS) is 35.6. The van der Waals surface area contributed by atoms with E-state index in [1.54, 1.807) is 0 Å². The Bertz CT molecular complexity index is 98.0. The van der Waals surface area contributed by atoms with Crippen LogP contribution in [0.5, 0.6) is 0 Å². The van der Waals surface area contributed by atoms with Gasteiger partial charge in [0, 0.05) is 7.05 Å². The van der Waals surface area contributed by atoms with Crippen molar-refractivity contribution < 1.29 is 0 Å². The number of hydrogen-bond acceptors (Lipinski definition) is 3. The fraction of sp³-hybridized carbons (Fsp3) is 0.750. The molecule has 1 aliphatic rings. The van der Waals surface area contributed by atoms with Crippen LogP contribution in [0.15, 0.2) is 0 Å². The molecular formula is C4H9N2PS. The van der Waals surface area contributed by atoms with Gasteiger partial charge in [-0.05, 0) is 7.41 Å². The summed E-state index contributed by atoms with van der Waals surface area (Å²) in [6.45, 7) is 1.13. The van der Waals surface area contributed by atoms with Crippen molar-refractivity contribution in [3.63, 3.8) is 0 Å². The summed E-state index contributed by atoms with van der Waals surface area (Å²) in [6.07, 6.45) is 3.70. The molecule has 0 radical (unpaired) electrons. The van der Waals surface area contributed by atoms with Gasteiger partial charge in [0.25, 0.3) is 0 Å². The summed E-state index contributed by atoms with van der Waals surface area (Å²) in [6, 6.07) is 0. The van der Waals surface area contributed by atoms with Crippen LogP contribution < -0.4 is 0 Å². The largest absolute Gasteiger partial charge is 0.227 e. The Morgan fingerprint density at radius 1 is 1.88 bits per heavy atom. The average molecular weight is 148 g/mol. The first-order chi connectivity index (χ1) is 3.84. The lowest BCUT2D eigenvalue weighted by molar-refractivity contribution is 0.401. The zero-order chi connectivity index (χ0) is 5.98. The SMILES string of the molecule is C=PSCN1CN1C. The molecule has 1 saturated heterocycles. The molecule has 0 spiro atoms. The summed E-state index contributed by atoms with van der Waals surface area (Å²) < 4.78 is 0. The van der Waals surface area contributed by atoms with Crippen LogP contribution in [0.3, 0.4) is 0 Å². The Balaban J connectivity index is 1.97. The van der Waals surface area contributed by atoms with Gasteiger partial charge in [-0.3, -0.25) is 0 Å². The van der Waals surface area contributed by atoms with Gasteiger partial charge in [-0.25, -0.2) is 10.0 Å². The molecule has 0 bridgehead atoms. The molecule has 2 unspecified atom stereocenters. The minimum Gasteiger partial charge on any atom is -0.227 e. The lowest BCUT2D eigenvalue weighted by Gasteiger charge is -1.93. The van der Waals surface area contributed by atoms with E-state index in [1.807, 2.05) is 11.4 Å². The third-order valence-electron chi connectivity index (χ3n) is 1.06. The summed E-state index contributed by atoms with van der Waals surface area (Å²) in [7, 11) is 3.26. The molecule has 2 nitrogen and oxygen atoms in total. The summed E-state index contributed by atoms with van der Waals surface area (Å²) in [4.78, 5) is 0. The van der Waals surface area contributed by atoms with Gasteiger partial charge in [0.15, 0.2) is 0 Å². The molecular weight excluding hydrogens is 139 g/mol. The highest BCUT2D eigenvalue weighted by Crippen LogP contribution is 2.23. The number of hydrogen-bond donors (Lipinski definition) is 0. The fourth-order valence-corrected chi connectivity index (χ4v) is 1.59. The molecule has 0 aromatic carbocycles. The maximum atomic E-state index is 3.70. The number of nitrogens with zero attached hydrogens (tertiary/aromatic N) is 2. The van der Waals surface area contributed by atoms with E-state index in [-0.39, 0.29) is 0 Å². The van der Waals surface area contributed by atoms with Gasteiger partial charge in [-0.1, -0.05) is 17.7 Å². The maximum absolute atomic E-state index is 3.70. The van der Waals surface area contributed by atoms with Crippen LogP contribution in [0.1, 0.15) is 0 Å². The topological polar surface area (TPSA) is 6.02 Å². The highest BCUT2D eigenvalue weighted by atomic mass is 32.7. The van der Waals surface area contributed by atoms with E-state index in [2.05, 4.69) is 23.4 Å². The van der Waals surface area contributed by atoms with Crippen molar-refractivity contribution in [2.75, 3.05) is 19.6 Å². The van der Waals surface area contributed by atoms with E-state index < -0.39 is 0 Å². The molecule has 0 aromatic heterocycles. The van der Waals surface area contributed by atoms with Crippen molar-refractivity contribution in [1.82, 2.24) is 10.0 Å². The molecule has 1 heterocycles. The highest BCUT2D eigenvalue weighted by molar-refractivity contribution is 8.48. The van der Waals surface area contributed by atoms with Crippen LogP contribution in [0.4, 0.5) is 0 Å². The first kappa shape index (κ1) is 6.56. The first-order valence-corrected chi connectivity index (χ1v) is 5.05. The Labute approximate surface area is 55.4 Å². The third kappa shape index (κ3) is 1.75. The van der Waals surface area contributed by atoms with Crippen molar-refractivity contribution in [1.29, 1.82) is 0 Å². The van der Waals surface area contributed by atoms with Gasteiger partial charge < -0.3 is 0 Å². The van der Waals surface area contributed by atoms with E-state index in [0.29, 0.717) is 0 Å². The monoisotopic (exact) mass is 148 g/mol. The van der Waals surface area contributed by atoms with Crippen molar-refractivity contribution in [3.8, 4) is 0 Å². The predicted octanol–water partition coefficient (Wildman–Crippen LogP) is 1.09. The van der Waals surface area contributed by atoms with Crippen LogP contribution >= 0.6 is 18.8 Å². The van der Waals surface area contributed by atoms with Gasteiger partial charge in [-0.15, -0.1) is 0 Å². The lowest BCUT2D eigenvalue weighted by Crippen LogP contribution is -1.98. The second-order valence-corrected chi connectivity index (χ2v) is 4.02. The van der Waals surface area contributed by atoms with Gasteiger partial charge in [0.05, 0.1) is 12.5 Å². The molecule has 4 heteroatoms. The van der Waals surface area contributed by atoms with Crippen molar-refractivity contribution in [3.05, 3.63) is 0 Å². The standard InChI is InChI=1S/C4H9N2PS/c1-5-3-6(5)4-8-7-2/h2-4H2,1H3. The Hall–Kier alpha value is 0.440. The predicted molar refractivity (Wildman–Crippen MR) is 41.0 cm³/mol. The Morgan fingerprint density at radius 2 is 2.50 bits per heavy atom. The van der Waals surface area contributed by atoms with Crippen LogP contribution in [-0.2, 0) is 0 Å². The van der Waals surface area contributed by atoms with Crippen LogP contribution in [0, 0.1) is 0 Å². The zero-order valence-corrected chi connectivity index (χ0v) is 6.58. The van der Waals surface area contributed by atoms with E-state index in [0.717, 1.165) is 12.5 Å². The Kier molecular flexibility index (Phi) is 2.32. The molecule has 2 atom stereocenters. The number of rotatable bonds is 3. The zero-order valence-electron chi connectivity index (χ0n) is 4.87. The van der Waals surface area contributed by atoms with Gasteiger partial charge in [-0.2, -0.15) is 0 Å². The van der Waals surface area contributed by atoms with E-state index >= 15 is 0 Å². The van der Waals surface area contributed by atoms with Gasteiger partial charge >= 0.3 is 0 Å². The molecule has 1 fully saturated rings. The highest BCUT2D eigenvalue weighted by Gasteiger charge is 2.24. The maximum Gasteiger partial charge on any atom is 0.0794 e. The first-order valence-electron chi connectivity index (χ1n) is 2.38. The lowest BCUT2D eigenvalue weighted by atomic mass is 11.2. The Morgan fingerprint density at radius 3 is 2.88 bits per heavy atom. The molecule has 8 heavy (non-hydrogen) atoms. The average Bonchev–Trinajstić information content (AvgIpc) is 2.42. The molecule has 0 N–H and O–H groups in total. The van der Waals surface area contributed by atoms with E-state index in [4.69, 9.17) is 0 Å². The van der Waals surface area contributed by atoms with Crippen LogP contribution in [0.2, 0.25) is 0 Å². The van der Waals surface area contributed by atoms with Crippen molar-refractivity contribution >= 4 is 25.1 Å². The molecule has 0 saturated carbocycles. The van der Waals surface area contributed by atoms with Crippen LogP contribution in [-0.4, -0.2) is 35.9 Å². The molecule has 0 aliphatic carbocycles. The minimum atomic E-state index is 1.10. The second-order valence-electron chi connectivity index (χ2n) is 1.69. The molecule has 46 valence electrons. The van der Waals surface area contributed by atoms with E-state index in [1.165, 1.54) is 7.41 Å². The molecule has 1 aliphatic heterocycles. The minimum absolute atomic E-state index is 1.10. The second kappa shape index (κ2) is 2.83. The number of hydrazine groups is 1. The summed E-state index contributed by atoms with van der Waals surface area (Å²) >= 11 is 1.83. The molecule has 0 aromatic rings. The smallest absolute Gasteiger partial charge is 0.0794 e. The third-order valence-corrected chi connectivity index (χ3v) is 2.55.